The number of amides is 2. The zero-order chi connectivity index (χ0) is 18.9. The third kappa shape index (κ3) is 5.62. The Morgan fingerprint density at radius 1 is 0.962 bits per heavy atom. The molecule has 2 rings (SSSR count). The van der Waals surface area contributed by atoms with Crippen LogP contribution in [0.25, 0.3) is 0 Å². The fraction of sp³-hybridized carbons (Fsp3) is 0.211. The van der Waals surface area contributed by atoms with E-state index < -0.39 is 17.8 Å². The van der Waals surface area contributed by atoms with Crippen molar-refractivity contribution in [2.45, 2.75) is 13.0 Å². The standard InChI is InChI=1S/C19H20N2O5/c1-25-16-8-6-13(7-9-16)12-20-17(22)11-18(23)21-15-5-3-4-14(10-15)19(24)26-2/h3-10H,11-12H2,1-2H3,(H,20,22)(H,21,23). The fourth-order valence-corrected chi connectivity index (χ4v) is 2.20. The van der Waals surface area contributed by atoms with E-state index in [1.807, 2.05) is 12.1 Å². The molecule has 0 fully saturated rings. The number of anilines is 1. The van der Waals surface area contributed by atoms with Gasteiger partial charge in [-0.2, -0.15) is 0 Å². The first-order valence-electron chi connectivity index (χ1n) is 7.89. The Kier molecular flexibility index (Phi) is 6.73. The number of ether oxygens (including phenoxy) is 2. The van der Waals surface area contributed by atoms with Gasteiger partial charge in [0.1, 0.15) is 12.2 Å². The molecule has 7 nitrogen and oxygen atoms in total. The molecule has 7 heteroatoms. The largest absolute Gasteiger partial charge is 0.497 e. The van der Waals surface area contributed by atoms with E-state index in [2.05, 4.69) is 15.4 Å². The molecule has 2 aromatic rings. The summed E-state index contributed by atoms with van der Waals surface area (Å²) in [7, 11) is 2.86. The molecule has 0 unspecified atom stereocenters. The maximum absolute atomic E-state index is 12.0. The molecule has 2 N–H and O–H groups in total. The summed E-state index contributed by atoms with van der Waals surface area (Å²) in [5, 5.41) is 5.26. The Bertz CT molecular complexity index is 787. The van der Waals surface area contributed by atoms with Crippen LogP contribution in [0.15, 0.2) is 48.5 Å². The summed E-state index contributed by atoms with van der Waals surface area (Å²) in [6.45, 7) is 0.313. The van der Waals surface area contributed by atoms with Crippen LogP contribution in [0.1, 0.15) is 22.3 Å². The van der Waals surface area contributed by atoms with E-state index in [0.717, 1.165) is 11.3 Å². The minimum absolute atomic E-state index is 0.313. The predicted octanol–water partition coefficient (Wildman–Crippen LogP) is 2.13. The zero-order valence-electron chi connectivity index (χ0n) is 14.6. The summed E-state index contributed by atoms with van der Waals surface area (Å²) in [6.07, 6.45) is -0.321. The molecule has 0 aliphatic carbocycles. The first-order valence-corrected chi connectivity index (χ1v) is 7.89. The highest BCUT2D eigenvalue weighted by molar-refractivity contribution is 6.04. The normalized spacial score (nSPS) is 9.92. The first-order chi connectivity index (χ1) is 12.5. The highest BCUT2D eigenvalue weighted by Crippen LogP contribution is 2.12. The van der Waals surface area contributed by atoms with E-state index in [-0.39, 0.29) is 6.42 Å². The van der Waals surface area contributed by atoms with Crippen molar-refractivity contribution in [1.29, 1.82) is 0 Å². The van der Waals surface area contributed by atoms with Crippen LogP contribution in [0.5, 0.6) is 5.75 Å². The van der Waals surface area contributed by atoms with Crippen molar-refractivity contribution in [2.24, 2.45) is 0 Å². The lowest BCUT2D eigenvalue weighted by Crippen LogP contribution is -2.27. The van der Waals surface area contributed by atoms with Crippen LogP contribution >= 0.6 is 0 Å². The van der Waals surface area contributed by atoms with Crippen molar-refractivity contribution in [3.8, 4) is 5.75 Å². The summed E-state index contributed by atoms with van der Waals surface area (Å²) in [5.41, 5.74) is 1.63. The molecule has 0 atom stereocenters. The number of methoxy groups -OCH3 is 2. The van der Waals surface area contributed by atoms with E-state index in [0.29, 0.717) is 17.8 Å². The van der Waals surface area contributed by atoms with Gasteiger partial charge in [-0.15, -0.1) is 0 Å². The first kappa shape index (κ1) is 19.0. The van der Waals surface area contributed by atoms with Crippen LogP contribution in [0.3, 0.4) is 0 Å². The Balaban J connectivity index is 1.83. The van der Waals surface area contributed by atoms with Crippen LogP contribution < -0.4 is 15.4 Å². The third-order valence-electron chi connectivity index (χ3n) is 3.54. The van der Waals surface area contributed by atoms with Gasteiger partial charge in [0, 0.05) is 12.2 Å². The maximum atomic E-state index is 12.0. The van der Waals surface area contributed by atoms with Gasteiger partial charge in [0.15, 0.2) is 0 Å². The molecule has 0 heterocycles. The smallest absolute Gasteiger partial charge is 0.337 e. The van der Waals surface area contributed by atoms with Crippen molar-refractivity contribution < 1.29 is 23.9 Å². The van der Waals surface area contributed by atoms with Crippen molar-refractivity contribution in [3.05, 3.63) is 59.7 Å². The van der Waals surface area contributed by atoms with Crippen LogP contribution in [-0.4, -0.2) is 32.0 Å². The molecule has 0 aliphatic rings. The summed E-state index contributed by atoms with van der Waals surface area (Å²) in [6, 6.07) is 13.5. The van der Waals surface area contributed by atoms with Gasteiger partial charge in [-0.3, -0.25) is 9.59 Å². The second-order valence-electron chi connectivity index (χ2n) is 5.42. The molecule has 0 spiro atoms. The van der Waals surface area contributed by atoms with Crippen LogP contribution in [0.4, 0.5) is 5.69 Å². The van der Waals surface area contributed by atoms with Crippen LogP contribution in [0.2, 0.25) is 0 Å². The number of benzene rings is 2. The molecule has 0 aromatic heterocycles. The molecule has 26 heavy (non-hydrogen) atoms. The third-order valence-corrected chi connectivity index (χ3v) is 3.54. The lowest BCUT2D eigenvalue weighted by atomic mass is 10.2. The Morgan fingerprint density at radius 3 is 2.35 bits per heavy atom. The Hall–Kier alpha value is -3.35. The molecule has 2 amide bonds. The molecule has 0 saturated heterocycles. The van der Waals surface area contributed by atoms with Gasteiger partial charge in [-0.25, -0.2) is 4.79 Å². The number of nitrogens with one attached hydrogen (secondary N) is 2. The molecule has 136 valence electrons. The summed E-state index contributed by atoms with van der Waals surface area (Å²) >= 11 is 0. The zero-order valence-corrected chi connectivity index (χ0v) is 14.6. The SMILES string of the molecule is COC(=O)c1cccc(NC(=O)CC(=O)NCc2ccc(OC)cc2)c1. The van der Waals surface area contributed by atoms with Gasteiger partial charge in [0.25, 0.3) is 0 Å². The predicted molar refractivity (Wildman–Crippen MR) is 95.9 cm³/mol. The van der Waals surface area contributed by atoms with Gasteiger partial charge in [-0.1, -0.05) is 18.2 Å². The minimum atomic E-state index is -0.502. The molecule has 0 saturated carbocycles. The van der Waals surface area contributed by atoms with Crippen molar-refractivity contribution >= 4 is 23.5 Å². The van der Waals surface area contributed by atoms with Gasteiger partial charge < -0.3 is 20.1 Å². The van der Waals surface area contributed by atoms with Gasteiger partial charge in [0.2, 0.25) is 11.8 Å². The Labute approximate surface area is 151 Å². The average molecular weight is 356 g/mol. The topological polar surface area (TPSA) is 93.7 Å². The molecule has 0 bridgehead atoms. The van der Waals surface area contributed by atoms with Crippen LogP contribution in [-0.2, 0) is 20.9 Å². The van der Waals surface area contributed by atoms with Crippen LogP contribution in [0, 0.1) is 0 Å². The highest BCUT2D eigenvalue weighted by Gasteiger charge is 2.11. The number of hydrogen-bond donors (Lipinski definition) is 2. The number of rotatable bonds is 7. The monoisotopic (exact) mass is 356 g/mol. The van der Waals surface area contributed by atoms with Gasteiger partial charge in [0.05, 0.1) is 19.8 Å². The van der Waals surface area contributed by atoms with E-state index >= 15 is 0 Å². The van der Waals surface area contributed by atoms with Crippen molar-refractivity contribution in [3.63, 3.8) is 0 Å². The second-order valence-corrected chi connectivity index (χ2v) is 5.42. The fourth-order valence-electron chi connectivity index (χ4n) is 2.20. The molecular weight excluding hydrogens is 336 g/mol. The summed E-state index contributed by atoms with van der Waals surface area (Å²) < 4.78 is 9.69. The number of hydrogen-bond acceptors (Lipinski definition) is 5. The molecule has 2 aromatic carbocycles. The Morgan fingerprint density at radius 2 is 1.69 bits per heavy atom. The highest BCUT2D eigenvalue weighted by atomic mass is 16.5. The lowest BCUT2D eigenvalue weighted by molar-refractivity contribution is -0.126. The van der Waals surface area contributed by atoms with E-state index in [1.165, 1.54) is 13.2 Å². The number of carbonyl (C=O) groups excluding carboxylic acids is 3. The van der Waals surface area contributed by atoms with E-state index in [1.54, 1.807) is 37.4 Å². The number of carbonyl (C=O) groups is 3. The lowest BCUT2D eigenvalue weighted by Gasteiger charge is -2.08. The van der Waals surface area contributed by atoms with E-state index in [9.17, 15) is 14.4 Å². The van der Waals surface area contributed by atoms with Crippen molar-refractivity contribution in [2.75, 3.05) is 19.5 Å². The minimum Gasteiger partial charge on any atom is -0.497 e. The molecular formula is C19H20N2O5. The summed E-state index contributed by atoms with van der Waals surface area (Å²) in [4.78, 5) is 35.3. The van der Waals surface area contributed by atoms with Gasteiger partial charge in [-0.05, 0) is 35.9 Å². The average Bonchev–Trinajstić information content (AvgIpc) is 2.66. The molecule has 0 aliphatic heterocycles. The maximum Gasteiger partial charge on any atom is 0.337 e. The van der Waals surface area contributed by atoms with Gasteiger partial charge >= 0.3 is 5.97 Å². The van der Waals surface area contributed by atoms with E-state index in [4.69, 9.17) is 4.74 Å². The summed E-state index contributed by atoms with van der Waals surface area (Å²) in [5.74, 6) is -0.645. The quantitative estimate of drug-likeness (QED) is 0.585. The van der Waals surface area contributed by atoms with Crippen molar-refractivity contribution in [1.82, 2.24) is 5.32 Å². The molecule has 0 radical (unpaired) electrons. The number of esters is 1. The second kappa shape index (κ2) is 9.22.